The normalized spacial score (nSPS) is 12.2. The van der Waals surface area contributed by atoms with Gasteiger partial charge in [-0.05, 0) is 72.9 Å². The SMILES string of the molecule is CCOC(=O)Cn1nnnc1[C@H](CC)N(CCc1ccccc1)Cc1cc2c(C)cc(C)cc2[nH]c1=O. The van der Waals surface area contributed by atoms with Crippen LogP contribution in [0.4, 0.5) is 0 Å². The number of hydrogen-bond donors (Lipinski definition) is 1. The molecule has 2 aromatic heterocycles. The zero-order chi connectivity index (χ0) is 26.4. The van der Waals surface area contributed by atoms with Crippen molar-refractivity contribution in [2.45, 2.75) is 59.7 Å². The number of carbonyl (C=O) groups is 1. The molecule has 0 aliphatic heterocycles. The average Bonchev–Trinajstić information content (AvgIpc) is 3.31. The van der Waals surface area contributed by atoms with Crippen LogP contribution in [0.15, 0.2) is 53.3 Å². The molecule has 9 heteroatoms. The lowest BCUT2D eigenvalue weighted by molar-refractivity contribution is -0.144. The van der Waals surface area contributed by atoms with E-state index < -0.39 is 5.97 Å². The van der Waals surface area contributed by atoms with Crippen LogP contribution in [0.2, 0.25) is 0 Å². The highest BCUT2D eigenvalue weighted by molar-refractivity contribution is 5.83. The Labute approximate surface area is 216 Å². The lowest BCUT2D eigenvalue weighted by Gasteiger charge is -2.30. The molecule has 0 radical (unpaired) electrons. The van der Waals surface area contributed by atoms with Crippen molar-refractivity contribution < 1.29 is 9.53 Å². The second-order valence-electron chi connectivity index (χ2n) is 9.30. The second kappa shape index (κ2) is 11.9. The van der Waals surface area contributed by atoms with Gasteiger partial charge in [-0.15, -0.1) is 5.10 Å². The molecule has 0 aliphatic rings. The maximum Gasteiger partial charge on any atom is 0.327 e. The molecule has 0 fully saturated rings. The Morgan fingerprint density at radius 2 is 1.92 bits per heavy atom. The van der Waals surface area contributed by atoms with E-state index in [4.69, 9.17) is 4.74 Å². The van der Waals surface area contributed by atoms with Crippen molar-refractivity contribution in [2.75, 3.05) is 13.2 Å². The van der Waals surface area contributed by atoms with Gasteiger partial charge in [-0.2, -0.15) is 0 Å². The van der Waals surface area contributed by atoms with Crippen LogP contribution >= 0.6 is 0 Å². The molecule has 9 nitrogen and oxygen atoms in total. The van der Waals surface area contributed by atoms with Gasteiger partial charge in [0.15, 0.2) is 5.82 Å². The number of aromatic nitrogens is 5. The van der Waals surface area contributed by atoms with E-state index in [0.29, 0.717) is 37.5 Å². The minimum Gasteiger partial charge on any atom is -0.465 e. The summed E-state index contributed by atoms with van der Waals surface area (Å²) < 4.78 is 6.61. The fraction of sp³-hybridized carbons (Fsp3) is 0.393. The smallest absolute Gasteiger partial charge is 0.327 e. The zero-order valence-electron chi connectivity index (χ0n) is 21.9. The van der Waals surface area contributed by atoms with Crippen molar-refractivity contribution in [1.29, 1.82) is 0 Å². The number of nitrogens with one attached hydrogen (secondary N) is 1. The Morgan fingerprint density at radius 3 is 2.65 bits per heavy atom. The number of aryl methyl sites for hydroxylation is 2. The molecule has 1 atom stereocenters. The first-order valence-electron chi connectivity index (χ1n) is 12.7. The molecule has 0 spiro atoms. The Balaban J connectivity index is 1.69. The maximum atomic E-state index is 13.2. The van der Waals surface area contributed by atoms with Crippen molar-refractivity contribution in [3.8, 4) is 0 Å². The standard InChI is InChI=1S/C28H34N6O3/c1-5-25(27-30-31-32-34(27)18-26(35)37-6-2)33(13-12-21-10-8-7-9-11-21)17-22-16-23-20(4)14-19(3)15-24(23)29-28(22)36/h7-11,14-16,25H,5-6,12-13,17-18H2,1-4H3,(H,29,36)/t25-/m0/s1. The van der Waals surface area contributed by atoms with Crippen molar-refractivity contribution in [2.24, 2.45) is 0 Å². The van der Waals surface area contributed by atoms with E-state index in [2.05, 4.69) is 57.5 Å². The molecule has 4 rings (SSSR count). The molecule has 0 saturated carbocycles. The maximum absolute atomic E-state index is 13.2. The number of H-pyrrole nitrogens is 1. The molecule has 0 bridgehead atoms. The second-order valence-corrected chi connectivity index (χ2v) is 9.30. The van der Waals surface area contributed by atoms with Crippen LogP contribution in [0.3, 0.4) is 0 Å². The van der Waals surface area contributed by atoms with E-state index in [1.807, 2.05) is 37.3 Å². The summed E-state index contributed by atoms with van der Waals surface area (Å²) in [4.78, 5) is 30.6. The van der Waals surface area contributed by atoms with Crippen LogP contribution in [0.25, 0.3) is 10.9 Å². The average molecular weight is 503 g/mol. The third-order valence-electron chi connectivity index (χ3n) is 6.56. The number of nitrogens with zero attached hydrogens (tertiary/aromatic N) is 5. The molecule has 37 heavy (non-hydrogen) atoms. The van der Waals surface area contributed by atoms with Gasteiger partial charge in [-0.25, -0.2) is 4.68 Å². The molecule has 2 heterocycles. The minimum atomic E-state index is -0.390. The Kier molecular flexibility index (Phi) is 8.45. The van der Waals surface area contributed by atoms with Gasteiger partial charge in [-0.3, -0.25) is 14.5 Å². The van der Waals surface area contributed by atoms with Crippen LogP contribution in [0, 0.1) is 13.8 Å². The van der Waals surface area contributed by atoms with Crippen molar-refractivity contribution in [3.05, 3.63) is 87.0 Å². The quantitative estimate of drug-likeness (QED) is 0.310. The molecule has 0 saturated heterocycles. The van der Waals surface area contributed by atoms with Gasteiger partial charge in [0.25, 0.3) is 5.56 Å². The van der Waals surface area contributed by atoms with Crippen molar-refractivity contribution >= 4 is 16.9 Å². The van der Waals surface area contributed by atoms with Crippen LogP contribution < -0.4 is 5.56 Å². The fourth-order valence-electron chi connectivity index (χ4n) is 4.81. The first-order valence-corrected chi connectivity index (χ1v) is 12.7. The van der Waals surface area contributed by atoms with Gasteiger partial charge in [0, 0.05) is 29.6 Å². The third-order valence-corrected chi connectivity index (χ3v) is 6.56. The summed E-state index contributed by atoms with van der Waals surface area (Å²) in [5.74, 6) is 0.186. The fourth-order valence-corrected chi connectivity index (χ4v) is 4.81. The Bertz CT molecular complexity index is 1410. The number of ether oxygens (including phenoxy) is 1. The summed E-state index contributed by atoms with van der Waals surface area (Å²) in [6.07, 6.45) is 1.49. The lowest BCUT2D eigenvalue weighted by atomic mass is 10.0. The van der Waals surface area contributed by atoms with E-state index in [-0.39, 0.29) is 18.1 Å². The number of aromatic amines is 1. The van der Waals surface area contributed by atoms with E-state index in [1.165, 1.54) is 10.2 Å². The van der Waals surface area contributed by atoms with Crippen LogP contribution in [-0.2, 0) is 29.0 Å². The largest absolute Gasteiger partial charge is 0.465 e. The lowest BCUT2D eigenvalue weighted by Crippen LogP contribution is -2.34. The molecule has 0 unspecified atom stereocenters. The molecule has 194 valence electrons. The summed E-state index contributed by atoms with van der Waals surface area (Å²) in [7, 11) is 0. The van der Waals surface area contributed by atoms with Crippen LogP contribution in [-0.4, -0.2) is 49.2 Å². The van der Waals surface area contributed by atoms with Gasteiger partial charge >= 0.3 is 5.97 Å². The highest BCUT2D eigenvalue weighted by atomic mass is 16.5. The minimum absolute atomic E-state index is 0.0612. The van der Waals surface area contributed by atoms with E-state index in [9.17, 15) is 9.59 Å². The Hall–Kier alpha value is -3.85. The predicted octanol–water partition coefficient (Wildman–Crippen LogP) is 3.89. The monoisotopic (exact) mass is 502 g/mol. The van der Waals surface area contributed by atoms with Gasteiger partial charge < -0.3 is 9.72 Å². The molecule has 0 amide bonds. The molecule has 2 aromatic carbocycles. The van der Waals surface area contributed by atoms with E-state index >= 15 is 0 Å². The van der Waals surface area contributed by atoms with Gasteiger partial charge in [0.05, 0.1) is 12.6 Å². The van der Waals surface area contributed by atoms with Crippen LogP contribution in [0.1, 0.15) is 54.4 Å². The molecular weight excluding hydrogens is 468 g/mol. The van der Waals surface area contributed by atoms with E-state index in [1.54, 1.807) is 6.92 Å². The third kappa shape index (κ3) is 6.29. The van der Waals surface area contributed by atoms with Crippen molar-refractivity contribution in [3.63, 3.8) is 0 Å². The highest BCUT2D eigenvalue weighted by Crippen LogP contribution is 2.26. The number of esters is 1. The van der Waals surface area contributed by atoms with Gasteiger partial charge in [0.1, 0.15) is 6.54 Å². The Morgan fingerprint density at radius 1 is 1.14 bits per heavy atom. The number of fused-ring (bicyclic) bond motifs is 1. The number of tetrazole rings is 1. The highest BCUT2D eigenvalue weighted by Gasteiger charge is 2.26. The molecule has 0 aliphatic carbocycles. The summed E-state index contributed by atoms with van der Waals surface area (Å²) in [5.41, 5.74) is 4.84. The van der Waals surface area contributed by atoms with E-state index in [0.717, 1.165) is 28.5 Å². The molecule has 4 aromatic rings. The number of rotatable bonds is 11. The summed E-state index contributed by atoms with van der Waals surface area (Å²) in [6.45, 7) is 9.23. The van der Waals surface area contributed by atoms with Gasteiger partial charge in [-0.1, -0.05) is 43.3 Å². The van der Waals surface area contributed by atoms with Crippen molar-refractivity contribution in [1.82, 2.24) is 30.1 Å². The number of carbonyl (C=O) groups excluding carboxylic acids is 1. The summed E-state index contributed by atoms with van der Waals surface area (Å²) >= 11 is 0. The summed E-state index contributed by atoms with van der Waals surface area (Å²) in [5, 5.41) is 13.2. The molecular formula is C28H34N6O3. The predicted molar refractivity (Wildman–Crippen MR) is 142 cm³/mol. The topological polar surface area (TPSA) is 106 Å². The van der Waals surface area contributed by atoms with Gasteiger partial charge in [0.2, 0.25) is 0 Å². The zero-order valence-corrected chi connectivity index (χ0v) is 21.9. The first-order chi connectivity index (χ1) is 17.9. The molecule has 1 N–H and O–H groups in total. The summed E-state index contributed by atoms with van der Waals surface area (Å²) in [6, 6.07) is 16.1. The first kappa shape index (κ1) is 26.2. The number of pyridine rings is 1. The number of hydrogen-bond acceptors (Lipinski definition) is 7. The number of benzene rings is 2. The van der Waals surface area contributed by atoms with Crippen LogP contribution in [0.5, 0.6) is 0 Å².